The highest BCUT2D eigenvalue weighted by Gasteiger charge is 2.18. The molecule has 3 nitrogen and oxygen atoms in total. The first-order valence-corrected chi connectivity index (χ1v) is 6.89. The van der Waals surface area contributed by atoms with Gasteiger partial charge in [0.15, 0.2) is 0 Å². The van der Waals surface area contributed by atoms with E-state index in [0.29, 0.717) is 17.5 Å². The van der Waals surface area contributed by atoms with Gasteiger partial charge in [0.25, 0.3) is 0 Å². The Morgan fingerprint density at radius 1 is 1.50 bits per heavy atom. The first kappa shape index (κ1) is 13.3. The fourth-order valence-electron chi connectivity index (χ4n) is 2.31. The molecule has 0 amide bonds. The number of aryl methyl sites for hydroxylation is 2. The SMILES string of the molecule is Cc1cc(C)c(C(N)=S)c(OCCC2CCC2)n1. The summed E-state index contributed by atoms with van der Waals surface area (Å²) < 4.78 is 5.79. The van der Waals surface area contributed by atoms with Crippen LogP contribution in [0.3, 0.4) is 0 Å². The number of rotatable bonds is 5. The summed E-state index contributed by atoms with van der Waals surface area (Å²) in [4.78, 5) is 4.77. The molecule has 18 heavy (non-hydrogen) atoms. The van der Waals surface area contributed by atoms with E-state index in [1.807, 2.05) is 19.9 Å². The lowest BCUT2D eigenvalue weighted by Gasteiger charge is -2.25. The standard InChI is InChI=1S/C14H20N2OS/c1-9-8-10(2)16-14(12(9)13(15)18)17-7-6-11-4-3-5-11/h8,11H,3-7H2,1-2H3,(H2,15,18). The Bertz CT molecular complexity index is 455. The van der Waals surface area contributed by atoms with E-state index in [1.165, 1.54) is 19.3 Å². The van der Waals surface area contributed by atoms with Gasteiger partial charge >= 0.3 is 0 Å². The van der Waals surface area contributed by atoms with Crippen LogP contribution in [0, 0.1) is 19.8 Å². The highest BCUT2D eigenvalue weighted by molar-refractivity contribution is 7.80. The summed E-state index contributed by atoms with van der Waals surface area (Å²) in [6, 6.07) is 1.98. The van der Waals surface area contributed by atoms with E-state index in [4.69, 9.17) is 22.7 Å². The fraction of sp³-hybridized carbons (Fsp3) is 0.571. The summed E-state index contributed by atoms with van der Waals surface area (Å²) in [6.07, 6.45) is 5.15. The summed E-state index contributed by atoms with van der Waals surface area (Å²) in [6.45, 7) is 4.65. The Morgan fingerprint density at radius 3 is 2.78 bits per heavy atom. The second kappa shape index (κ2) is 5.65. The molecular formula is C14H20N2OS. The molecule has 0 aromatic carbocycles. The highest BCUT2D eigenvalue weighted by Crippen LogP contribution is 2.29. The van der Waals surface area contributed by atoms with E-state index in [-0.39, 0.29) is 0 Å². The molecule has 1 aliphatic carbocycles. The van der Waals surface area contributed by atoms with Gasteiger partial charge in [-0.3, -0.25) is 0 Å². The van der Waals surface area contributed by atoms with Crippen molar-refractivity contribution >= 4 is 17.2 Å². The maximum atomic E-state index is 5.79. The minimum atomic E-state index is 0.360. The fourth-order valence-corrected chi connectivity index (χ4v) is 2.56. The average molecular weight is 264 g/mol. The number of hydrogen-bond acceptors (Lipinski definition) is 3. The monoisotopic (exact) mass is 264 g/mol. The van der Waals surface area contributed by atoms with Crippen LogP contribution in [0.25, 0.3) is 0 Å². The number of thiocarbonyl (C=S) groups is 1. The quantitative estimate of drug-likeness (QED) is 0.831. The number of aromatic nitrogens is 1. The van der Waals surface area contributed by atoms with Crippen molar-refractivity contribution in [3.05, 3.63) is 22.9 Å². The van der Waals surface area contributed by atoms with Crippen molar-refractivity contribution in [3.8, 4) is 5.88 Å². The van der Waals surface area contributed by atoms with Crippen molar-refractivity contribution < 1.29 is 4.74 Å². The maximum absolute atomic E-state index is 5.79. The van der Waals surface area contributed by atoms with Crippen LogP contribution in [-0.4, -0.2) is 16.6 Å². The Balaban J connectivity index is 2.07. The molecule has 2 N–H and O–H groups in total. The molecule has 0 aliphatic heterocycles. The molecule has 0 unspecified atom stereocenters. The lowest BCUT2D eigenvalue weighted by Crippen LogP contribution is -2.18. The summed E-state index contributed by atoms with van der Waals surface area (Å²) in [7, 11) is 0. The third kappa shape index (κ3) is 2.99. The molecule has 1 aromatic rings. The molecule has 0 radical (unpaired) electrons. The van der Waals surface area contributed by atoms with E-state index in [2.05, 4.69) is 4.98 Å². The number of nitrogens with two attached hydrogens (primary N) is 1. The second-order valence-corrected chi connectivity index (χ2v) is 5.50. The van der Waals surface area contributed by atoms with E-state index >= 15 is 0 Å². The van der Waals surface area contributed by atoms with Crippen LogP contribution in [-0.2, 0) is 0 Å². The van der Waals surface area contributed by atoms with Crippen molar-refractivity contribution in [2.24, 2.45) is 11.7 Å². The molecule has 0 bridgehead atoms. The molecule has 0 spiro atoms. The van der Waals surface area contributed by atoms with Crippen LogP contribution < -0.4 is 10.5 Å². The van der Waals surface area contributed by atoms with Crippen LogP contribution in [0.15, 0.2) is 6.07 Å². The molecule has 98 valence electrons. The molecule has 4 heteroatoms. The molecule has 1 fully saturated rings. The largest absolute Gasteiger partial charge is 0.477 e. The van der Waals surface area contributed by atoms with Gasteiger partial charge < -0.3 is 10.5 Å². The van der Waals surface area contributed by atoms with Crippen molar-refractivity contribution in [1.29, 1.82) is 0 Å². The van der Waals surface area contributed by atoms with E-state index < -0.39 is 0 Å². The Kier molecular flexibility index (Phi) is 4.17. The highest BCUT2D eigenvalue weighted by atomic mass is 32.1. The predicted molar refractivity (Wildman–Crippen MR) is 77.1 cm³/mol. The first-order chi connectivity index (χ1) is 8.58. The third-order valence-corrected chi connectivity index (χ3v) is 3.75. The summed E-state index contributed by atoms with van der Waals surface area (Å²) in [5, 5.41) is 0. The number of ether oxygens (including phenoxy) is 1. The Labute approximate surface area is 114 Å². The van der Waals surface area contributed by atoms with E-state index in [9.17, 15) is 0 Å². The first-order valence-electron chi connectivity index (χ1n) is 6.48. The van der Waals surface area contributed by atoms with Gasteiger partial charge in [-0.1, -0.05) is 31.5 Å². The molecule has 1 aliphatic rings. The van der Waals surface area contributed by atoms with Crippen LogP contribution >= 0.6 is 12.2 Å². The number of hydrogen-bond donors (Lipinski definition) is 1. The van der Waals surface area contributed by atoms with Crippen molar-refractivity contribution in [3.63, 3.8) is 0 Å². The van der Waals surface area contributed by atoms with Crippen LogP contribution in [0.1, 0.15) is 42.5 Å². The van der Waals surface area contributed by atoms with Gasteiger partial charge in [0.05, 0.1) is 12.2 Å². The van der Waals surface area contributed by atoms with Gasteiger partial charge in [0, 0.05) is 5.69 Å². The van der Waals surface area contributed by atoms with Crippen molar-refractivity contribution in [1.82, 2.24) is 4.98 Å². The van der Waals surface area contributed by atoms with Gasteiger partial charge in [-0.25, -0.2) is 4.98 Å². The van der Waals surface area contributed by atoms with Gasteiger partial charge in [-0.05, 0) is 37.8 Å². The summed E-state index contributed by atoms with van der Waals surface area (Å²) in [5.41, 5.74) is 8.50. The zero-order valence-corrected chi connectivity index (χ0v) is 11.8. The van der Waals surface area contributed by atoms with Crippen LogP contribution in [0.2, 0.25) is 0 Å². The molecule has 1 heterocycles. The van der Waals surface area contributed by atoms with Gasteiger partial charge in [0.2, 0.25) is 5.88 Å². The Hall–Kier alpha value is -1.16. The Morgan fingerprint density at radius 2 is 2.22 bits per heavy atom. The summed E-state index contributed by atoms with van der Waals surface area (Å²) in [5.74, 6) is 1.43. The van der Waals surface area contributed by atoms with Crippen LogP contribution in [0.4, 0.5) is 0 Å². The lowest BCUT2D eigenvalue weighted by molar-refractivity contribution is 0.217. The minimum Gasteiger partial charge on any atom is -0.477 e. The van der Waals surface area contributed by atoms with E-state index in [0.717, 1.165) is 29.2 Å². The minimum absolute atomic E-state index is 0.360. The maximum Gasteiger partial charge on any atom is 0.224 e. The second-order valence-electron chi connectivity index (χ2n) is 5.06. The van der Waals surface area contributed by atoms with Gasteiger partial charge in [-0.2, -0.15) is 0 Å². The molecule has 0 saturated heterocycles. The zero-order valence-electron chi connectivity index (χ0n) is 11.0. The molecule has 0 atom stereocenters. The van der Waals surface area contributed by atoms with E-state index in [1.54, 1.807) is 0 Å². The average Bonchev–Trinajstić information content (AvgIpc) is 2.19. The summed E-state index contributed by atoms with van der Waals surface area (Å²) >= 11 is 5.07. The molecular weight excluding hydrogens is 244 g/mol. The third-order valence-electron chi connectivity index (χ3n) is 3.55. The smallest absolute Gasteiger partial charge is 0.224 e. The lowest BCUT2D eigenvalue weighted by atomic mass is 9.83. The zero-order chi connectivity index (χ0) is 13.1. The van der Waals surface area contributed by atoms with Gasteiger partial charge in [0.1, 0.15) is 4.99 Å². The van der Waals surface area contributed by atoms with Gasteiger partial charge in [-0.15, -0.1) is 0 Å². The topological polar surface area (TPSA) is 48.1 Å². The number of pyridine rings is 1. The molecule has 2 rings (SSSR count). The van der Waals surface area contributed by atoms with Crippen LogP contribution in [0.5, 0.6) is 5.88 Å². The van der Waals surface area contributed by atoms with Crippen molar-refractivity contribution in [2.75, 3.05) is 6.61 Å². The molecule has 1 aromatic heterocycles. The van der Waals surface area contributed by atoms with Crippen molar-refractivity contribution in [2.45, 2.75) is 39.5 Å². The molecule has 1 saturated carbocycles. The normalized spacial score (nSPS) is 15.2. The predicted octanol–water partition coefficient (Wildman–Crippen LogP) is 2.90. The number of nitrogens with zero attached hydrogens (tertiary/aromatic N) is 1.